The van der Waals surface area contributed by atoms with Gasteiger partial charge in [-0.3, -0.25) is 4.79 Å². The number of carboxylic acid groups (broad SMARTS) is 1. The van der Waals surface area contributed by atoms with Crippen LogP contribution < -0.4 is 10.1 Å². The Hall–Kier alpha value is -2.59. The number of hydrogen-bond donors (Lipinski definition) is 2. The summed E-state index contributed by atoms with van der Waals surface area (Å²) >= 11 is 0. The van der Waals surface area contributed by atoms with Gasteiger partial charge >= 0.3 is 24.8 Å². The van der Waals surface area contributed by atoms with Crippen LogP contribution in [0.5, 0.6) is 5.75 Å². The molecule has 2 amide bonds. The molecule has 0 aromatic heterocycles. The highest BCUT2D eigenvalue weighted by atomic mass is 19.4. The fourth-order valence-electron chi connectivity index (χ4n) is 2.89. The van der Waals surface area contributed by atoms with Gasteiger partial charge < -0.3 is 20.1 Å². The summed E-state index contributed by atoms with van der Waals surface area (Å²) in [6, 6.07) is 5.07. The fourth-order valence-corrected chi connectivity index (χ4v) is 2.89. The second-order valence-corrected chi connectivity index (χ2v) is 5.97. The summed E-state index contributed by atoms with van der Waals surface area (Å²) in [4.78, 5) is 23.9. The molecule has 0 radical (unpaired) electrons. The molecular weight excluding hydrogens is 379 g/mol. The van der Waals surface area contributed by atoms with Crippen molar-refractivity contribution in [2.24, 2.45) is 11.8 Å². The number of aliphatic carboxylic acids is 1. The summed E-state index contributed by atoms with van der Waals surface area (Å²) in [5.74, 6) is -5.55. The van der Waals surface area contributed by atoms with E-state index in [2.05, 4.69) is 10.1 Å². The van der Waals surface area contributed by atoms with Gasteiger partial charge in [-0.25, -0.2) is 4.79 Å². The minimum Gasteiger partial charge on any atom is -0.481 e. The summed E-state index contributed by atoms with van der Waals surface area (Å²) in [7, 11) is 0. The maximum Gasteiger partial charge on any atom is 0.394 e. The fraction of sp³-hybridized carbons (Fsp3) is 0.500. The Morgan fingerprint density at radius 1 is 1.26 bits per heavy atom. The molecule has 6 nitrogen and oxygen atoms in total. The third-order valence-electron chi connectivity index (χ3n) is 4.20. The smallest absolute Gasteiger partial charge is 0.394 e. The van der Waals surface area contributed by atoms with Crippen LogP contribution in [0.25, 0.3) is 0 Å². The molecule has 0 saturated carbocycles. The van der Waals surface area contributed by atoms with E-state index in [0.29, 0.717) is 5.56 Å². The Kier molecular flexibility index (Phi) is 6.45. The van der Waals surface area contributed by atoms with E-state index in [1.165, 1.54) is 18.2 Å². The normalized spacial score (nSPS) is 20.0. The summed E-state index contributed by atoms with van der Waals surface area (Å²) in [5.41, 5.74) is 0.385. The van der Waals surface area contributed by atoms with Crippen LogP contribution in [0.1, 0.15) is 5.56 Å². The van der Waals surface area contributed by atoms with Gasteiger partial charge in [0.1, 0.15) is 5.75 Å². The number of urea groups is 1. The lowest BCUT2D eigenvalue weighted by Gasteiger charge is -2.19. The van der Waals surface area contributed by atoms with Gasteiger partial charge in [-0.15, -0.1) is 0 Å². The number of amides is 2. The Morgan fingerprint density at radius 3 is 2.48 bits per heavy atom. The van der Waals surface area contributed by atoms with Crippen molar-refractivity contribution < 1.29 is 41.4 Å². The second-order valence-electron chi connectivity index (χ2n) is 5.97. The summed E-state index contributed by atoms with van der Waals surface area (Å²) in [6.45, 7) is -4.38. The Labute approximate surface area is 150 Å². The van der Waals surface area contributed by atoms with E-state index in [4.69, 9.17) is 5.11 Å². The lowest BCUT2D eigenvalue weighted by molar-refractivity contribution is -0.187. The molecule has 0 bridgehead atoms. The molecule has 1 aliphatic heterocycles. The first-order valence-electron chi connectivity index (χ1n) is 7.94. The number of benzene rings is 1. The van der Waals surface area contributed by atoms with Crippen LogP contribution in [0.4, 0.5) is 26.7 Å². The average molecular weight is 396 g/mol. The maximum absolute atomic E-state index is 12.9. The number of hydrogen-bond acceptors (Lipinski definition) is 3. The predicted octanol–water partition coefficient (Wildman–Crippen LogP) is 2.74. The molecule has 2 atom stereocenters. The van der Waals surface area contributed by atoms with Crippen molar-refractivity contribution in [3.8, 4) is 5.75 Å². The zero-order valence-electron chi connectivity index (χ0n) is 13.9. The lowest BCUT2D eigenvalue weighted by Crippen LogP contribution is -2.40. The van der Waals surface area contributed by atoms with Gasteiger partial charge in [0.2, 0.25) is 0 Å². The monoisotopic (exact) mass is 396 g/mol. The van der Waals surface area contributed by atoms with Crippen molar-refractivity contribution in [1.29, 1.82) is 0 Å². The maximum atomic E-state index is 12.9. The number of ether oxygens (including phenoxy) is 1. The SMILES string of the molecule is O=C(O)[C@@H]1CN(C(=O)NCCc2ccccc2OC(F)F)C[C@H]1C(F)(F)F. The van der Waals surface area contributed by atoms with E-state index in [9.17, 15) is 31.5 Å². The number of rotatable bonds is 6. The number of carbonyl (C=O) groups is 2. The molecule has 1 fully saturated rings. The number of carboxylic acids is 1. The van der Waals surface area contributed by atoms with Crippen LogP contribution in [0.3, 0.4) is 0 Å². The van der Waals surface area contributed by atoms with Crippen molar-refractivity contribution in [2.75, 3.05) is 19.6 Å². The highest BCUT2D eigenvalue weighted by molar-refractivity contribution is 5.77. The topological polar surface area (TPSA) is 78.9 Å². The van der Waals surface area contributed by atoms with E-state index in [1.807, 2.05) is 0 Å². The standard InChI is InChI=1S/C16H17F5N2O4/c17-14(18)27-12-4-2-1-3-9(12)5-6-22-15(26)23-7-10(13(24)25)11(8-23)16(19,20)21/h1-4,10-11,14H,5-8H2,(H,22,26)(H,24,25)/t10-,11-/m1/s1. The van der Waals surface area contributed by atoms with Crippen LogP contribution in [0.2, 0.25) is 0 Å². The third kappa shape index (κ3) is 5.44. The largest absolute Gasteiger partial charge is 0.481 e. The molecule has 1 heterocycles. The lowest BCUT2D eigenvalue weighted by atomic mass is 9.96. The van der Waals surface area contributed by atoms with Gasteiger partial charge in [-0.1, -0.05) is 18.2 Å². The van der Waals surface area contributed by atoms with E-state index in [1.54, 1.807) is 6.07 Å². The van der Waals surface area contributed by atoms with Gasteiger partial charge in [0.25, 0.3) is 0 Å². The van der Waals surface area contributed by atoms with Crippen molar-refractivity contribution >= 4 is 12.0 Å². The zero-order chi connectivity index (χ0) is 20.2. The summed E-state index contributed by atoms with van der Waals surface area (Å²) < 4.78 is 67.9. The number of nitrogens with zero attached hydrogens (tertiary/aromatic N) is 1. The number of halogens is 5. The molecule has 27 heavy (non-hydrogen) atoms. The van der Waals surface area contributed by atoms with E-state index in [-0.39, 0.29) is 18.7 Å². The molecule has 150 valence electrons. The molecule has 0 unspecified atom stereocenters. The number of likely N-dealkylation sites (tertiary alicyclic amines) is 1. The molecule has 2 N–H and O–H groups in total. The third-order valence-corrected chi connectivity index (χ3v) is 4.20. The Morgan fingerprint density at radius 2 is 1.93 bits per heavy atom. The molecule has 11 heteroatoms. The van der Waals surface area contributed by atoms with E-state index < -0.39 is 49.7 Å². The zero-order valence-corrected chi connectivity index (χ0v) is 13.9. The molecule has 0 aliphatic carbocycles. The molecule has 1 saturated heterocycles. The molecule has 1 aromatic carbocycles. The van der Waals surface area contributed by atoms with Crippen molar-refractivity contribution in [1.82, 2.24) is 10.2 Å². The Balaban J connectivity index is 1.92. The summed E-state index contributed by atoms with van der Waals surface area (Å²) in [5, 5.41) is 11.3. The van der Waals surface area contributed by atoms with Crippen molar-refractivity contribution in [2.45, 2.75) is 19.2 Å². The molecule has 1 aromatic rings. The van der Waals surface area contributed by atoms with Gasteiger partial charge in [0.15, 0.2) is 0 Å². The van der Waals surface area contributed by atoms with Gasteiger partial charge in [-0.2, -0.15) is 22.0 Å². The van der Waals surface area contributed by atoms with Crippen LogP contribution in [0.15, 0.2) is 24.3 Å². The minimum absolute atomic E-state index is 0.0482. The molecule has 2 rings (SSSR count). The number of nitrogens with one attached hydrogen (secondary N) is 1. The number of carbonyl (C=O) groups excluding carboxylic acids is 1. The highest BCUT2D eigenvalue weighted by Crippen LogP contribution is 2.37. The predicted molar refractivity (Wildman–Crippen MR) is 82.4 cm³/mol. The molecular formula is C16H17F5N2O4. The first-order chi connectivity index (χ1) is 12.6. The quantitative estimate of drug-likeness (QED) is 0.725. The van der Waals surface area contributed by atoms with Gasteiger partial charge in [-0.05, 0) is 18.1 Å². The molecule has 1 aliphatic rings. The van der Waals surface area contributed by atoms with Crippen LogP contribution in [0, 0.1) is 11.8 Å². The highest BCUT2D eigenvalue weighted by Gasteiger charge is 2.53. The van der Waals surface area contributed by atoms with Crippen LogP contribution >= 0.6 is 0 Å². The summed E-state index contributed by atoms with van der Waals surface area (Å²) in [6.07, 6.45) is -4.63. The van der Waals surface area contributed by atoms with E-state index in [0.717, 1.165) is 4.90 Å². The van der Waals surface area contributed by atoms with Crippen molar-refractivity contribution in [3.05, 3.63) is 29.8 Å². The number of alkyl halides is 5. The first-order valence-corrected chi connectivity index (χ1v) is 7.94. The molecule has 0 spiro atoms. The van der Waals surface area contributed by atoms with Crippen LogP contribution in [-0.2, 0) is 11.2 Å². The van der Waals surface area contributed by atoms with Gasteiger partial charge in [0.05, 0.1) is 11.8 Å². The Bertz CT molecular complexity index is 683. The minimum atomic E-state index is -4.73. The first kappa shape index (κ1) is 20.7. The average Bonchev–Trinajstić information content (AvgIpc) is 3.02. The van der Waals surface area contributed by atoms with E-state index >= 15 is 0 Å². The second kappa shape index (κ2) is 8.40. The van der Waals surface area contributed by atoms with Crippen LogP contribution in [-0.4, -0.2) is 54.4 Å². The van der Waals surface area contributed by atoms with Gasteiger partial charge in [0, 0.05) is 19.6 Å². The van der Waals surface area contributed by atoms with Crippen molar-refractivity contribution in [3.63, 3.8) is 0 Å². The number of para-hydroxylation sites is 1.